The number of carbonyl (C=O) groups is 1. The molecular formula is C25H50N2O2. The maximum atomic E-state index is 12.5. The van der Waals surface area contributed by atoms with Gasteiger partial charge in [0.2, 0.25) is 0 Å². The number of Topliss-reactive ketones (excluding diaryl/α,β-unsaturated/α-hetero) is 1. The molecule has 4 heteroatoms. The minimum absolute atomic E-state index is 0.00188. The van der Waals surface area contributed by atoms with Crippen LogP contribution in [0.4, 0.5) is 0 Å². The smallest absolute Gasteiger partial charge is 0.149 e. The third kappa shape index (κ3) is 19.0. The number of aliphatic hydroxyl groups excluding tert-OH is 1. The Balaban J connectivity index is 3.55. The van der Waals surface area contributed by atoms with Gasteiger partial charge in [0.15, 0.2) is 0 Å². The molecule has 0 radical (unpaired) electrons. The van der Waals surface area contributed by atoms with Crippen molar-refractivity contribution < 1.29 is 9.90 Å². The first-order chi connectivity index (χ1) is 14.1. The number of ketones is 1. The van der Waals surface area contributed by atoms with Gasteiger partial charge < -0.3 is 10.4 Å². The van der Waals surface area contributed by atoms with E-state index in [9.17, 15) is 4.79 Å². The summed E-state index contributed by atoms with van der Waals surface area (Å²) >= 11 is 0. The fourth-order valence-electron chi connectivity index (χ4n) is 3.69. The highest BCUT2D eigenvalue weighted by Gasteiger charge is 2.19. The molecule has 2 N–H and O–H groups in total. The van der Waals surface area contributed by atoms with Gasteiger partial charge in [-0.2, -0.15) is 0 Å². The van der Waals surface area contributed by atoms with Crippen LogP contribution in [-0.4, -0.2) is 55.6 Å². The second-order valence-corrected chi connectivity index (χ2v) is 8.54. The van der Waals surface area contributed by atoms with Crippen LogP contribution in [0.5, 0.6) is 0 Å². The molecule has 0 aliphatic heterocycles. The van der Waals surface area contributed by atoms with Crippen molar-refractivity contribution in [1.82, 2.24) is 10.2 Å². The fraction of sp³-hybridized carbons (Fsp3) is 0.880. The van der Waals surface area contributed by atoms with Crippen molar-refractivity contribution in [3.8, 4) is 0 Å². The summed E-state index contributed by atoms with van der Waals surface area (Å²) in [4.78, 5) is 14.5. The highest BCUT2D eigenvalue weighted by Crippen LogP contribution is 2.12. The van der Waals surface area contributed by atoms with E-state index < -0.39 is 0 Å². The van der Waals surface area contributed by atoms with Crippen LogP contribution >= 0.6 is 0 Å². The number of unbranched alkanes of at least 4 members (excludes halogenated alkanes) is 11. The van der Waals surface area contributed by atoms with Gasteiger partial charge >= 0.3 is 0 Å². The molecule has 0 amide bonds. The summed E-state index contributed by atoms with van der Waals surface area (Å²) in [5, 5.41) is 12.0. The molecule has 0 aromatic carbocycles. The second-order valence-electron chi connectivity index (χ2n) is 8.54. The molecule has 0 bridgehead atoms. The number of aliphatic hydroxyl groups is 1. The van der Waals surface area contributed by atoms with E-state index in [4.69, 9.17) is 5.11 Å². The zero-order valence-corrected chi connectivity index (χ0v) is 19.8. The average Bonchev–Trinajstić information content (AvgIpc) is 2.70. The molecule has 0 rings (SSSR count). The summed E-state index contributed by atoms with van der Waals surface area (Å²) in [5.74, 6) is 0.360. The Labute approximate surface area is 181 Å². The van der Waals surface area contributed by atoms with Crippen molar-refractivity contribution in [3.63, 3.8) is 0 Å². The van der Waals surface area contributed by atoms with Crippen molar-refractivity contribution in [3.05, 3.63) is 12.2 Å². The van der Waals surface area contributed by atoms with Crippen LogP contribution in [-0.2, 0) is 4.79 Å². The number of rotatable bonds is 22. The summed E-state index contributed by atoms with van der Waals surface area (Å²) in [7, 11) is 3.96. The van der Waals surface area contributed by atoms with Gasteiger partial charge in [-0.05, 0) is 59.2 Å². The van der Waals surface area contributed by atoms with Crippen LogP contribution in [0.15, 0.2) is 12.2 Å². The monoisotopic (exact) mass is 410 g/mol. The Kier molecular flexibility index (Phi) is 21.4. The molecule has 0 saturated heterocycles. The van der Waals surface area contributed by atoms with Gasteiger partial charge in [-0.15, -0.1) is 0 Å². The molecule has 0 aliphatic carbocycles. The Bertz CT molecular complexity index is 383. The molecule has 0 aromatic rings. The van der Waals surface area contributed by atoms with Crippen LogP contribution in [0, 0.1) is 0 Å². The molecule has 29 heavy (non-hydrogen) atoms. The largest absolute Gasteiger partial charge is 0.395 e. The third-order valence-electron chi connectivity index (χ3n) is 5.56. The molecule has 0 aliphatic rings. The first-order valence-corrected chi connectivity index (χ1v) is 12.3. The summed E-state index contributed by atoms with van der Waals surface area (Å²) in [6, 6.07) is -0.00188. The minimum Gasteiger partial charge on any atom is -0.395 e. The Morgan fingerprint density at radius 1 is 0.862 bits per heavy atom. The fourth-order valence-corrected chi connectivity index (χ4v) is 3.69. The number of likely N-dealkylation sites (N-methyl/N-ethyl adjacent to an activating group) is 1. The lowest BCUT2D eigenvalue weighted by molar-refractivity contribution is -0.123. The van der Waals surface area contributed by atoms with Crippen LogP contribution in [0.25, 0.3) is 0 Å². The van der Waals surface area contributed by atoms with Crippen molar-refractivity contribution in [2.24, 2.45) is 0 Å². The predicted molar refractivity (Wildman–Crippen MR) is 127 cm³/mol. The lowest BCUT2D eigenvalue weighted by atomic mass is 10.0. The molecule has 1 unspecified atom stereocenters. The third-order valence-corrected chi connectivity index (χ3v) is 5.56. The number of hydrogen-bond donors (Lipinski definition) is 2. The maximum Gasteiger partial charge on any atom is 0.149 e. The molecule has 0 spiro atoms. The van der Waals surface area contributed by atoms with Gasteiger partial charge in [-0.25, -0.2) is 0 Å². The van der Waals surface area contributed by atoms with Crippen LogP contribution in [0.2, 0.25) is 0 Å². The summed E-state index contributed by atoms with van der Waals surface area (Å²) < 4.78 is 0. The molecule has 0 aromatic heterocycles. The predicted octanol–water partition coefficient (Wildman–Crippen LogP) is 5.50. The first-order valence-electron chi connectivity index (χ1n) is 12.3. The van der Waals surface area contributed by atoms with Crippen molar-refractivity contribution >= 4 is 5.78 Å². The minimum atomic E-state index is -0.00188. The molecule has 0 fully saturated rings. The molecule has 4 nitrogen and oxygen atoms in total. The van der Waals surface area contributed by atoms with E-state index in [-0.39, 0.29) is 12.6 Å². The SMILES string of the molecule is CCCCCCCC/C=C\CCCCCCCC(=O)C(CCNCCO)N(C)C. The van der Waals surface area contributed by atoms with Gasteiger partial charge in [0.1, 0.15) is 5.78 Å². The molecule has 0 heterocycles. The van der Waals surface area contributed by atoms with Crippen LogP contribution in [0.3, 0.4) is 0 Å². The van der Waals surface area contributed by atoms with E-state index >= 15 is 0 Å². The van der Waals surface area contributed by atoms with Gasteiger partial charge in [-0.3, -0.25) is 9.69 Å². The van der Waals surface area contributed by atoms with E-state index in [1.807, 2.05) is 19.0 Å². The first kappa shape index (κ1) is 28.3. The summed E-state index contributed by atoms with van der Waals surface area (Å²) in [6.07, 6.45) is 22.9. The van der Waals surface area contributed by atoms with E-state index in [2.05, 4.69) is 24.4 Å². The van der Waals surface area contributed by atoms with Gasteiger partial charge in [0.05, 0.1) is 12.6 Å². The molecular weight excluding hydrogens is 360 g/mol. The number of nitrogens with zero attached hydrogens (tertiary/aromatic N) is 1. The van der Waals surface area contributed by atoms with Crippen LogP contribution in [0.1, 0.15) is 103 Å². The summed E-state index contributed by atoms with van der Waals surface area (Å²) in [6.45, 7) is 3.80. The Morgan fingerprint density at radius 3 is 1.97 bits per heavy atom. The zero-order chi connectivity index (χ0) is 21.6. The highest BCUT2D eigenvalue weighted by molar-refractivity contribution is 5.83. The number of carbonyl (C=O) groups excluding carboxylic acids is 1. The Hall–Kier alpha value is -0.710. The van der Waals surface area contributed by atoms with Gasteiger partial charge in [0.25, 0.3) is 0 Å². The van der Waals surface area contributed by atoms with Gasteiger partial charge in [-0.1, -0.05) is 70.4 Å². The second kappa shape index (κ2) is 22.0. The molecule has 172 valence electrons. The number of nitrogens with one attached hydrogen (secondary N) is 1. The lowest BCUT2D eigenvalue weighted by Crippen LogP contribution is -2.38. The lowest BCUT2D eigenvalue weighted by Gasteiger charge is -2.23. The van der Waals surface area contributed by atoms with Crippen molar-refractivity contribution in [2.45, 2.75) is 109 Å². The molecule has 0 saturated carbocycles. The van der Waals surface area contributed by atoms with Crippen LogP contribution < -0.4 is 5.32 Å². The summed E-state index contributed by atoms with van der Waals surface area (Å²) in [5.41, 5.74) is 0. The Morgan fingerprint density at radius 2 is 1.41 bits per heavy atom. The quantitative estimate of drug-likeness (QED) is 0.183. The van der Waals surface area contributed by atoms with E-state index in [1.165, 1.54) is 70.6 Å². The zero-order valence-electron chi connectivity index (χ0n) is 19.8. The van der Waals surface area contributed by atoms with Crippen molar-refractivity contribution in [1.29, 1.82) is 0 Å². The maximum absolute atomic E-state index is 12.5. The topological polar surface area (TPSA) is 52.6 Å². The average molecular weight is 411 g/mol. The van der Waals surface area contributed by atoms with E-state index in [0.717, 1.165) is 25.8 Å². The normalized spacial score (nSPS) is 12.9. The number of hydrogen-bond acceptors (Lipinski definition) is 4. The van der Waals surface area contributed by atoms with E-state index in [0.29, 0.717) is 18.7 Å². The van der Waals surface area contributed by atoms with Crippen molar-refractivity contribution in [2.75, 3.05) is 33.8 Å². The molecule has 1 atom stereocenters. The number of allylic oxidation sites excluding steroid dienone is 2. The van der Waals surface area contributed by atoms with Gasteiger partial charge in [0, 0.05) is 13.0 Å². The highest BCUT2D eigenvalue weighted by atomic mass is 16.3. The van der Waals surface area contributed by atoms with E-state index in [1.54, 1.807) is 0 Å². The standard InChI is InChI=1S/C25H50N2O2/c1-4-5-6-7-8-9-10-11-12-13-14-15-16-17-18-19-25(29)24(27(2)3)20-21-26-22-23-28/h11-12,24,26,28H,4-10,13-23H2,1-3H3/b12-11-.